The van der Waals surface area contributed by atoms with Crippen molar-refractivity contribution in [1.82, 2.24) is 9.03 Å². The molecule has 1 saturated heterocycles. The largest absolute Gasteiger partial charge is 0.317 e. The normalized spacial score (nSPS) is 35.7. The van der Waals surface area contributed by atoms with E-state index in [0.717, 1.165) is 12.8 Å². The molecule has 0 aromatic carbocycles. The molecule has 3 N–H and O–H groups in total. The van der Waals surface area contributed by atoms with Crippen molar-refractivity contribution in [2.75, 3.05) is 13.1 Å². The molecule has 0 unspecified atom stereocenters. The molecule has 1 aliphatic heterocycles. The first-order valence-corrected chi connectivity index (χ1v) is 9.33. The van der Waals surface area contributed by atoms with Crippen molar-refractivity contribution in [2.24, 2.45) is 17.1 Å². The molecule has 0 aromatic heterocycles. The number of carbonyl (C=O) groups is 1. The number of allylic oxidation sites excluding steroid dienone is 3. The number of hydrogen-bond donors (Lipinski definition) is 2. The molecule has 4 aliphatic rings. The molecule has 4 rings (SSSR count). The van der Waals surface area contributed by atoms with Gasteiger partial charge in [0.15, 0.2) is 0 Å². The lowest BCUT2D eigenvalue weighted by molar-refractivity contribution is -0.121. The van der Waals surface area contributed by atoms with Gasteiger partial charge in [0.05, 0.1) is 0 Å². The van der Waals surface area contributed by atoms with Gasteiger partial charge in [-0.3, -0.25) is 4.79 Å². The summed E-state index contributed by atoms with van der Waals surface area (Å²) < 4.78 is 27.7. The van der Waals surface area contributed by atoms with E-state index in [4.69, 9.17) is 5.73 Å². The Hall–Kier alpha value is -1.18. The third-order valence-electron chi connectivity index (χ3n) is 5.33. The zero-order valence-electron chi connectivity index (χ0n) is 12.4. The fourth-order valence-corrected chi connectivity index (χ4v) is 4.57. The summed E-state index contributed by atoms with van der Waals surface area (Å²) in [6.07, 6.45) is 10.9. The summed E-state index contributed by atoms with van der Waals surface area (Å²) >= 11 is 0. The molecule has 2 atom stereocenters. The Bertz CT molecular complexity index is 687. The molecule has 0 radical (unpaired) electrons. The Labute approximate surface area is 130 Å². The summed E-state index contributed by atoms with van der Waals surface area (Å²) in [5, 5.41) is 0. The minimum Gasteiger partial charge on any atom is -0.317 e. The van der Waals surface area contributed by atoms with Gasteiger partial charge in [-0.15, -0.1) is 0 Å². The van der Waals surface area contributed by atoms with E-state index >= 15 is 0 Å². The quantitative estimate of drug-likeness (QED) is 0.768. The van der Waals surface area contributed by atoms with Crippen LogP contribution in [-0.4, -0.2) is 37.3 Å². The van der Waals surface area contributed by atoms with Crippen LogP contribution in [0.1, 0.15) is 32.1 Å². The van der Waals surface area contributed by atoms with Crippen molar-refractivity contribution in [3.05, 3.63) is 23.8 Å². The molecule has 0 aromatic rings. The van der Waals surface area contributed by atoms with Crippen LogP contribution in [0.5, 0.6) is 0 Å². The first-order valence-electron chi connectivity index (χ1n) is 7.89. The zero-order valence-corrected chi connectivity index (χ0v) is 13.2. The Kier molecular flexibility index (Phi) is 2.90. The van der Waals surface area contributed by atoms with Crippen molar-refractivity contribution >= 4 is 16.1 Å². The standard InChI is InChI=1S/C15H21N3O3S/c16-15(10-12(15)4-3-11-9-14(11)5-6-14)13(19)17-22(20,21)18-7-1-2-8-18/h3-4,9,12H,1-2,5-8,10,16H2,(H,17,19)/b4-3+/t12-,15-/m1/s1. The summed E-state index contributed by atoms with van der Waals surface area (Å²) in [5.41, 5.74) is 6.72. The molecule has 22 heavy (non-hydrogen) atoms. The topological polar surface area (TPSA) is 92.5 Å². The lowest BCUT2D eigenvalue weighted by atomic mass is 10.2. The number of amides is 1. The molecule has 0 bridgehead atoms. The third kappa shape index (κ3) is 2.31. The van der Waals surface area contributed by atoms with Crippen LogP contribution in [-0.2, 0) is 15.0 Å². The summed E-state index contributed by atoms with van der Waals surface area (Å²) in [6.45, 7) is 0.944. The predicted octanol–water partition coefficient (Wildman–Crippen LogP) is 0.437. The molecule has 7 heteroatoms. The molecule has 1 spiro atoms. The van der Waals surface area contributed by atoms with Gasteiger partial charge in [0.2, 0.25) is 0 Å². The van der Waals surface area contributed by atoms with E-state index in [2.05, 4.69) is 16.9 Å². The van der Waals surface area contributed by atoms with Gasteiger partial charge in [0.1, 0.15) is 5.54 Å². The minimum atomic E-state index is -3.73. The highest BCUT2D eigenvalue weighted by molar-refractivity contribution is 7.87. The molecule has 1 amide bonds. The lowest BCUT2D eigenvalue weighted by Crippen LogP contribution is -2.50. The fourth-order valence-electron chi connectivity index (χ4n) is 3.27. The number of rotatable bonds is 5. The van der Waals surface area contributed by atoms with Crippen molar-refractivity contribution in [3.8, 4) is 0 Å². The van der Waals surface area contributed by atoms with E-state index in [1.807, 2.05) is 6.08 Å². The first-order chi connectivity index (χ1) is 10.4. The van der Waals surface area contributed by atoms with Gasteiger partial charge in [-0.1, -0.05) is 18.2 Å². The highest BCUT2D eigenvalue weighted by atomic mass is 32.2. The van der Waals surface area contributed by atoms with E-state index in [0.29, 0.717) is 24.9 Å². The average molecular weight is 323 g/mol. The van der Waals surface area contributed by atoms with Gasteiger partial charge in [-0.2, -0.15) is 12.7 Å². The van der Waals surface area contributed by atoms with E-state index in [-0.39, 0.29) is 5.92 Å². The SMILES string of the molecule is N[C@]1(C(=O)NS(=O)(=O)N2CCCC2)C[C@H]1/C=C/C1=CC12CC2. The second-order valence-electron chi connectivity index (χ2n) is 7.01. The molecule has 3 aliphatic carbocycles. The van der Waals surface area contributed by atoms with Crippen molar-refractivity contribution in [2.45, 2.75) is 37.6 Å². The zero-order chi connectivity index (χ0) is 15.6. The number of nitrogens with two attached hydrogens (primary N) is 1. The predicted molar refractivity (Wildman–Crippen MR) is 81.8 cm³/mol. The van der Waals surface area contributed by atoms with Crippen LogP contribution in [0.3, 0.4) is 0 Å². The molecule has 3 fully saturated rings. The van der Waals surface area contributed by atoms with Gasteiger partial charge in [-0.05, 0) is 37.7 Å². The highest BCUT2D eigenvalue weighted by Gasteiger charge is 2.58. The van der Waals surface area contributed by atoms with Gasteiger partial charge >= 0.3 is 10.2 Å². The van der Waals surface area contributed by atoms with E-state index < -0.39 is 21.7 Å². The summed E-state index contributed by atoms with van der Waals surface area (Å²) in [5.74, 6) is -0.654. The van der Waals surface area contributed by atoms with Crippen molar-refractivity contribution < 1.29 is 13.2 Å². The number of carbonyl (C=O) groups excluding carboxylic acids is 1. The Morgan fingerprint density at radius 3 is 2.64 bits per heavy atom. The minimum absolute atomic E-state index is 0.0708. The lowest BCUT2D eigenvalue weighted by Gasteiger charge is -2.18. The molecule has 6 nitrogen and oxygen atoms in total. The van der Waals surface area contributed by atoms with E-state index in [9.17, 15) is 13.2 Å². The van der Waals surface area contributed by atoms with Crippen LogP contribution in [0.2, 0.25) is 0 Å². The number of hydrogen-bond acceptors (Lipinski definition) is 4. The van der Waals surface area contributed by atoms with E-state index in [1.54, 1.807) is 0 Å². The summed E-state index contributed by atoms with van der Waals surface area (Å²) in [6, 6.07) is 0. The highest BCUT2D eigenvalue weighted by Crippen LogP contribution is 2.65. The van der Waals surface area contributed by atoms with Crippen LogP contribution in [0.25, 0.3) is 0 Å². The number of nitrogens with zero attached hydrogens (tertiary/aromatic N) is 1. The van der Waals surface area contributed by atoms with Crippen LogP contribution >= 0.6 is 0 Å². The van der Waals surface area contributed by atoms with Gasteiger partial charge in [-0.25, -0.2) is 4.72 Å². The van der Waals surface area contributed by atoms with Crippen molar-refractivity contribution in [3.63, 3.8) is 0 Å². The molecular formula is C15H21N3O3S. The molecule has 1 heterocycles. The Morgan fingerprint density at radius 1 is 1.36 bits per heavy atom. The first kappa shape index (κ1) is 14.4. The van der Waals surface area contributed by atoms with Crippen LogP contribution < -0.4 is 10.5 Å². The van der Waals surface area contributed by atoms with Gasteiger partial charge in [0, 0.05) is 24.4 Å². The summed E-state index contributed by atoms with van der Waals surface area (Å²) in [4.78, 5) is 12.2. The van der Waals surface area contributed by atoms with Crippen LogP contribution in [0, 0.1) is 11.3 Å². The average Bonchev–Trinajstić information content (AvgIpc) is 3.40. The Morgan fingerprint density at radius 2 is 2.05 bits per heavy atom. The van der Waals surface area contributed by atoms with Gasteiger partial charge < -0.3 is 5.73 Å². The van der Waals surface area contributed by atoms with Crippen LogP contribution in [0.15, 0.2) is 23.8 Å². The van der Waals surface area contributed by atoms with Crippen molar-refractivity contribution in [1.29, 1.82) is 0 Å². The molecule has 120 valence electrons. The van der Waals surface area contributed by atoms with E-state index in [1.165, 1.54) is 22.7 Å². The smallest absolute Gasteiger partial charge is 0.303 e. The van der Waals surface area contributed by atoms with Crippen LogP contribution in [0.4, 0.5) is 0 Å². The number of nitrogens with one attached hydrogen (secondary N) is 1. The maximum Gasteiger partial charge on any atom is 0.303 e. The van der Waals surface area contributed by atoms with Gasteiger partial charge in [0.25, 0.3) is 5.91 Å². The Balaban J connectivity index is 1.35. The molecule has 2 saturated carbocycles. The fraction of sp³-hybridized carbons (Fsp3) is 0.667. The second kappa shape index (κ2) is 4.43. The monoisotopic (exact) mass is 323 g/mol. The summed E-state index contributed by atoms with van der Waals surface area (Å²) in [7, 11) is -3.73. The maximum atomic E-state index is 12.2. The second-order valence-corrected chi connectivity index (χ2v) is 8.68. The molecular weight excluding hydrogens is 302 g/mol. The maximum absolute atomic E-state index is 12.2. The third-order valence-corrected chi connectivity index (χ3v) is 6.82.